The second kappa shape index (κ2) is 9.40. The van der Waals surface area contributed by atoms with Gasteiger partial charge in [-0.05, 0) is 67.1 Å². The largest absolute Gasteiger partial charge is 0.497 e. The Bertz CT molecular complexity index is 817. The van der Waals surface area contributed by atoms with Gasteiger partial charge in [-0.15, -0.1) is 0 Å². The van der Waals surface area contributed by atoms with Gasteiger partial charge >= 0.3 is 0 Å². The molecule has 0 aromatic heterocycles. The number of ether oxygens (including phenoxy) is 1. The van der Waals surface area contributed by atoms with Crippen LogP contribution in [0.3, 0.4) is 0 Å². The van der Waals surface area contributed by atoms with Crippen molar-refractivity contribution >= 4 is 11.8 Å². The summed E-state index contributed by atoms with van der Waals surface area (Å²) in [5, 5.41) is 2.93. The number of nitrogens with zero attached hydrogens (tertiary/aromatic N) is 1. The smallest absolute Gasteiger partial charge is 0.253 e. The molecule has 1 atom stereocenters. The van der Waals surface area contributed by atoms with Crippen LogP contribution >= 0.6 is 0 Å². The molecule has 0 saturated carbocycles. The Kier molecular flexibility index (Phi) is 6.69. The van der Waals surface area contributed by atoms with Crippen molar-refractivity contribution < 1.29 is 14.3 Å². The first-order chi connectivity index (χ1) is 13.6. The van der Waals surface area contributed by atoms with Crippen molar-refractivity contribution in [3.05, 3.63) is 65.2 Å². The molecule has 5 heteroatoms. The van der Waals surface area contributed by atoms with E-state index in [1.54, 1.807) is 31.4 Å². The molecule has 1 heterocycles. The first-order valence-electron chi connectivity index (χ1n) is 9.87. The van der Waals surface area contributed by atoms with Crippen molar-refractivity contribution in [1.29, 1.82) is 0 Å². The number of piperidine rings is 1. The van der Waals surface area contributed by atoms with Crippen molar-refractivity contribution in [3.8, 4) is 5.75 Å². The fourth-order valence-electron chi connectivity index (χ4n) is 3.57. The summed E-state index contributed by atoms with van der Waals surface area (Å²) >= 11 is 0. The predicted octanol–water partition coefficient (Wildman–Crippen LogP) is 3.54. The quantitative estimate of drug-likeness (QED) is 0.834. The number of hydrogen-bond donors (Lipinski definition) is 1. The zero-order valence-corrected chi connectivity index (χ0v) is 16.6. The summed E-state index contributed by atoms with van der Waals surface area (Å²) in [5.74, 6) is 1.28. The van der Waals surface area contributed by atoms with Crippen LogP contribution in [0.1, 0.15) is 46.0 Å². The summed E-state index contributed by atoms with van der Waals surface area (Å²) in [6.45, 7) is 4.35. The van der Waals surface area contributed by atoms with Crippen LogP contribution in [0.5, 0.6) is 5.75 Å². The average molecular weight is 380 g/mol. The third kappa shape index (κ3) is 5.12. The van der Waals surface area contributed by atoms with Gasteiger partial charge in [0.1, 0.15) is 5.75 Å². The average Bonchev–Trinajstić information content (AvgIpc) is 2.73. The van der Waals surface area contributed by atoms with E-state index >= 15 is 0 Å². The van der Waals surface area contributed by atoms with Gasteiger partial charge in [0.05, 0.1) is 7.11 Å². The highest BCUT2D eigenvalue weighted by Crippen LogP contribution is 2.18. The minimum Gasteiger partial charge on any atom is -0.497 e. The van der Waals surface area contributed by atoms with E-state index in [0.717, 1.165) is 37.2 Å². The van der Waals surface area contributed by atoms with Gasteiger partial charge in [-0.25, -0.2) is 0 Å². The van der Waals surface area contributed by atoms with Gasteiger partial charge < -0.3 is 15.0 Å². The van der Waals surface area contributed by atoms with Crippen LogP contribution in [0.25, 0.3) is 0 Å². The van der Waals surface area contributed by atoms with Crippen LogP contribution < -0.4 is 10.1 Å². The van der Waals surface area contributed by atoms with E-state index < -0.39 is 0 Å². The number of hydrogen-bond acceptors (Lipinski definition) is 3. The third-order valence-corrected chi connectivity index (χ3v) is 5.17. The Labute approximate surface area is 166 Å². The van der Waals surface area contributed by atoms with Gasteiger partial charge in [0.15, 0.2) is 0 Å². The summed E-state index contributed by atoms with van der Waals surface area (Å²) < 4.78 is 5.21. The molecule has 2 aromatic carbocycles. The Morgan fingerprint density at radius 1 is 1.14 bits per heavy atom. The standard InChI is InChI=1S/C23H28N2O3/c1-17-5-4-14-25(16-17)23(27)20-10-8-19(9-11-20)22(26)24-13-12-18-6-3-7-21(15-18)28-2/h3,6-11,15,17H,4-5,12-14,16H2,1-2H3,(H,24,26). The topological polar surface area (TPSA) is 58.6 Å². The molecule has 1 aliphatic heterocycles. The third-order valence-electron chi connectivity index (χ3n) is 5.17. The van der Waals surface area contributed by atoms with Crippen LogP contribution in [0.15, 0.2) is 48.5 Å². The molecule has 0 spiro atoms. The maximum atomic E-state index is 12.6. The van der Waals surface area contributed by atoms with Gasteiger partial charge in [0, 0.05) is 30.8 Å². The Morgan fingerprint density at radius 2 is 1.89 bits per heavy atom. The van der Waals surface area contributed by atoms with Crippen molar-refractivity contribution in [2.75, 3.05) is 26.7 Å². The maximum absolute atomic E-state index is 12.6. The van der Waals surface area contributed by atoms with Crippen LogP contribution in [-0.2, 0) is 6.42 Å². The zero-order chi connectivity index (χ0) is 19.9. The molecule has 3 rings (SSSR count). The monoisotopic (exact) mass is 380 g/mol. The summed E-state index contributed by atoms with van der Waals surface area (Å²) in [5.41, 5.74) is 2.31. The lowest BCUT2D eigenvalue weighted by atomic mass is 9.99. The van der Waals surface area contributed by atoms with Gasteiger partial charge in [-0.3, -0.25) is 9.59 Å². The second-order valence-electron chi connectivity index (χ2n) is 7.43. The minimum absolute atomic E-state index is 0.0523. The molecule has 1 unspecified atom stereocenters. The number of carbonyl (C=O) groups is 2. The molecule has 2 amide bonds. The van der Waals surface area contributed by atoms with Gasteiger partial charge in [0.25, 0.3) is 11.8 Å². The molecule has 1 saturated heterocycles. The molecule has 0 radical (unpaired) electrons. The summed E-state index contributed by atoms with van der Waals surface area (Å²) in [6.07, 6.45) is 2.96. The van der Waals surface area contributed by atoms with Crippen LogP contribution in [0.4, 0.5) is 0 Å². The highest BCUT2D eigenvalue weighted by Gasteiger charge is 2.22. The van der Waals surface area contributed by atoms with Gasteiger partial charge in [-0.2, -0.15) is 0 Å². The predicted molar refractivity (Wildman–Crippen MR) is 110 cm³/mol. The molecular weight excluding hydrogens is 352 g/mol. The lowest BCUT2D eigenvalue weighted by Crippen LogP contribution is -2.39. The van der Waals surface area contributed by atoms with Gasteiger partial charge in [0.2, 0.25) is 0 Å². The summed E-state index contributed by atoms with van der Waals surface area (Å²) in [7, 11) is 1.64. The SMILES string of the molecule is COc1cccc(CCNC(=O)c2ccc(C(=O)N3CCCC(C)C3)cc2)c1. The van der Waals surface area contributed by atoms with Crippen LogP contribution in [0, 0.1) is 5.92 Å². The van der Waals surface area contributed by atoms with Crippen LogP contribution in [0.2, 0.25) is 0 Å². The molecule has 28 heavy (non-hydrogen) atoms. The highest BCUT2D eigenvalue weighted by molar-refractivity contribution is 5.97. The van der Waals surface area contributed by atoms with E-state index in [1.165, 1.54) is 6.42 Å². The fourth-order valence-corrected chi connectivity index (χ4v) is 3.57. The number of carbonyl (C=O) groups excluding carboxylic acids is 2. The van der Waals surface area contributed by atoms with E-state index in [0.29, 0.717) is 23.6 Å². The van der Waals surface area contributed by atoms with Crippen molar-refractivity contribution in [3.63, 3.8) is 0 Å². The molecule has 148 valence electrons. The lowest BCUT2D eigenvalue weighted by Gasteiger charge is -2.31. The number of amides is 2. The number of rotatable bonds is 6. The molecule has 1 fully saturated rings. The molecule has 1 N–H and O–H groups in total. The summed E-state index contributed by atoms with van der Waals surface area (Å²) in [6, 6.07) is 14.8. The van der Waals surface area contributed by atoms with Crippen molar-refractivity contribution in [2.45, 2.75) is 26.2 Å². The second-order valence-corrected chi connectivity index (χ2v) is 7.43. The fraction of sp³-hybridized carbons (Fsp3) is 0.391. The highest BCUT2D eigenvalue weighted by atomic mass is 16.5. The normalized spacial score (nSPS) is 16.5. The first kappa shape index (κ1) is 19.9. The number of likely N-dealkylation sites (tertiary alicyclic amines) is 1. The molecule has 1 aliphatic rings. The van der Waals surface area contributed by atoms with Crippen molar-refractivity contribution in [2.24, 2.45) is 5.92 Å². The Morgan fingerprint density at radius 3 is 2.61 bits per heavy atom. The molecule has 0 aliphatic carbocycles. The van der Waals surface area contributed by atoms with E-state index in [-0.39, 0.29) is 11.8 Å². The van der Waals surface area contributed by atoms with Gasteiger partial charge in [-0.1, -0.05) is 19.1 Å². The molecule has 5 nitrogen and oxygen atoms in total. The Balaban J connectivity index is 1.52. The summed E-state index contributed by atoms with van der Waals surface area (Å²) in [4.78, 5) is 26.9. The molecular formula is C23H28N2O3. The Hall–Kier alpha value is -2.82. The number of methoxy groups -OCH3 is 1. The van der Waals surface area contributed by atoms with Crippen molar-refractivity contribution in [1.82, 2.24) is 10.2 Å². The first-order valence-corrected chi connectivity index (χ1v) is 9.87. The van der Waals surface area contributed by atoms with E-state index in [2.05, 4.69) is 12.2 Å². The minimum atomic E-state index is -0.131. The van der Waals surface area contributed by atoms with E-state index in [9.17, 15) is 9.59 Å². The number of benzene rings is 2. The maximum Gasteiger partial charge on any atom is 0.253 e. The lowest BCUT2D eigenvalue weighted by molar-refractivity contribution is 0.0682. The van der Waals surface area contributed by atoms with Crippen LogP contribution in [-0.4, -0.2) is 43.5 Å². The van der Waals surface area contributed by atoms with E-state index in [4.69, 9.17) is 4.74 Å². The zero-order valence-electron chi connectivity index (χ0n) is 16.6. The van der Waals surface area contributed by atoms with E-state index in [1.807, 2.05) is 29.2 Å². The molecule has 0 bridgehead atoms. The molecule has 2 aromatic rings. The number of nitrogens with one attached hydrogen (secondary N) is 1.